The molecule has 3 aromatic rings. The van der Waals surface area contributed by atoms with Crippen LogP contribution in [0, 0.1) is 5.92 Å². The highest BCUT2D eigenvalue weighted by Gasteiger charge is 2.30. The Kier molecular flexibility index (Phi) is 5.71. The summed E-state index contributed by atoms with van der Waals surface area (Å²) in [7, 11) is 3.33. The number of methoxy groups -OCH3 is 1. The van der Waals surface area contributed by atoms with Gasteiger partial charge in [0.25, 0.3) is 5.56 Å². The highest BCUT2D eigenvalue weighted by Crippen LogP contribution is 2.33. The van der Waals surface area contributed by atoms with Crippen LogP contribution in [0.4, 0.5) is 11.6 Å². The SMILES string of the molecule is COc1ccc(N2C[C@@H](C)Cn3c2nc2c3c(=O)n(CCN3CCOCC3)c(=O)n2C)cc1. The van der Waals surface area contributed by atoms with Crippen molar-refractivity contribution in [1.82, 2.24) is 23.6 Å². The van der Waals surface area contributed by atoms with E-state index >= 15 is 0 Å². The van der Waals surface area contributed by atoms with Gasteiger partial charge < -0.3 is 18.9 Å². The predicted molar refractivity (Wildman–Crippen MR) is 126 cm³/mol. The van der Waals surface area contributed by atoms with E-state index in [1.807, 2.05) is 28.8 Å². The molecule has 10 nitrogen and oxygen atoms in total. The molecule has 2 aromatic heterocycles. The van der Waals surface area contributed by atoms with Gasteiger partial charge in [-0.05, 0) is 30.2 Å². The molecule has 0 unspecified atom stereocenters. The van der Waals surface area contributed by atoms with Crippen molar-refractivity contribution >= 4 is 22.8 Å². The monoisotopic (exact) mass is 454 g/mol. The lowest BCUT2D eigenvalue weighted by Gasteiger charge is -2.33. The Bertz CT molecular complexity index is 1270. The van der Waals surface area contributed by atoms with Crippen LogP contribution in [0.2, 0.25) is 0 Å². The fourth-order valence-corrected chi connectivity index (χ4v) is 4.75. The van der Waals surface area contributed by atoms with Crippen LogP contribution in [0.3, 0.4) is 0 Å². The first-order chi connectivity index (χ1) is 16.0. The molecule has 33 heavy (non-hydrogen) atoms. The Balaban J connectivity index is 1.58. The second kappa shape index (κ2) is 8.68. The lowest BCUT2D eigenvalue weighted by atomic mass is 10.1. The third-order valence-electron chi connectivity index (χ3n) is 6.57. The minimum absolute atomic E-state index is 0.274. The number of benzene rings is 1. The quantitative estimate of drug-likeness (QED) is 0.569. The number of nitrogens with zero attached hydrogens (tertiary/aromatic N) is 6. The second-order valence-corrected chi connectivity index (χ2v) is 8.86. The summed E-state index contributed by atoms with van der Waals surface area (Å²) in [5.41, 5.74) is 1.27. The second-order valence-electron chi connectivity index (χ2n) is 8.86. The van der Waals surface area contributed by atoms with E-state index in [-0.39, 0.29) is 11.2 Å². The van der Waals surface area contributed by atoms with E-state index in [4.69, 9.17) is 14.5 Å². The van der Waals surface area contributed by atoms with Crippen molar-refractivity contribution < 1.29 is 9.47 Å². The molecule has 1 saturated heterocycles. The number of ether oxygens (including phenoxy) is 2. The van der Waals surface area contributed by atoms with E-state index in [1.54, 1.807) is 14.2 Å². The van der Waals surface area contributed by atoms with Crippen molar-refractivity contribution in [2.75, 3.05) is 51.4 Å². The number of aromatic nitrogens is 4. The molecular weight excluding hydrogens is 424 g/mol. The van der Waals surface area contributed by atoms with Crippen molar-refractivity contribution in [1.29, 1.82) is 0 Å². The van der Waals surface area contributed by atoms with Crippen molar-refractivity contribution in [3.8, 4) is 5.75 Å². The first-order valence-electron chi connectivity index (χ1n) is 11.4. The number of hydrogen-bond donors (Lipinski definition) is 0. The van der Waals surface area contributed by atoms with Crippen LogP contribution in [0.15, 0.2) is 33.9 Å². The Morgan fingerprint density at radius 2 is 1.82 bits per heavy atom. The fraction of sp³-hybridized carbons (Fsp3) is 0.522. The maximum atomic E-state index is 13.6. The van der Waals surface area contributed by atoms with Gasteiger partial charge in [0.1, 0.15) is 5.75 Å². The largest absolute Gasteiger partial charge is 0.497 e. The summed E-state index contributed by atoms with van der Waals surface area (Å²) in [6, 6.07) is 7.80. The maximum absolute atomic E-state index is 13.6. The van der Waals surface area contributed by atoms with Gasteiger partial charge in [-0.25, -0.2) is 4.79 Å². The number of anilines is 2. The molecule has 2 aliphatic heterocycles. The smallest absolute Gasteiger partial charge is 0.332 e. The number of imidazole rings is 1. The van der Waals surface area contributed by atoms with Gasteiger partial charge in [-0.3, -0.25) is 18.8 Å². The van der Waals surface area contributed by atoms with Crippen LogP contribution >= 0.6 is 0 Å². The Morgan fingerprint density at radius 3 is 2.52 bits per heavy atom. The molecule has 176 valence electrons. The highest BCUT2D eigenvalue weighted by molar-refractivity contribution is 5.77. The summed E-state index contributed by atoms with van der Waals surface area (Å²) in [5.74, 6) is 1.77. The van der Waals surface area contributed by atoms with Crippen molar-refractivity contribution in [2.24, 2.45) is 13.0 Å². The topological polar surface area (TPSA) is 86.8 Å². The molecule has 1 aromatic carbocycles. The van der Waals surface area contributed by atoms with E-state index in [0.717, 1.165) is 31.1 Å². The summed E-state index contributed by atoms with van der Waals surface area (Å²) in [6.45, 7) is 7.58. The zero-order chi connectivity index (χ0) is 23.1. The van der Waals surface area contributed by atoms with Crippen LogP contribution in [-0.4, -0.2) is 70.1 Å². The molecule has 0 N–H and O–H groups in total. The van der Waals surface area contributed by atoms with Gasteiger partial charge in [-0.15, -0.1) is 0 Å². The standard InChI is InChI=1S/C23H30N6O4/c1-16-14-28(17-4-6-18(32-3)7-5-17)22-24-20-19(29(22)15-16)21(30)27(23(31)25(20)2)9-8-26-10-12-33-13-11-26/h4-7,16H,8-15H2,1-3H3/t16-/m1/s1. The molecule has 0 spiro atoms. The summed E-state index contributed by atoms with van der Waals surface area (Å²) < 4.78 is 15.5. The summed E-state index contributed by atoms with van der Waals surface area (Å²) in [6.07, 6.45) is 0. The lowest BCUT2D eigenvalue weighted by Crippen LogP contribution is -2.44. The van der Waals surface area contributed by atoms with Crippen LogP contribution in [0.25, 0.3) is 11.2 Å². The van der Waals surface area contributed by atoms with Crippen LogP contribution in [0.1, 0.15) is 6.92 Å². The normalized spacial score (nSPS) is 19.1. The molecule has 5 rings (SSSR count). The molecule has 0 radical (unpaired) electrons. The van der Waals surface area contributed by atoms with E-state index in [1.165, 1.54) is 9.13 Å². The van der Waals surface area contributed by atoms with Crippen molar-refractivity contribution in [3.05, 3.63) is 45.1 Å². The molecular formula is C23H30N6O4. The minimum atomic E-state index is -0.333. The molecule has 10 heteroatoms. The zero-order valence-corrected chi connectivity index (χ0v) is 19.4. The van der Waals surface area contributed by atoms with E-state index in [0.29, 0.717) is 55.9 Å². The zero-order valence-electron chi connectivity index (χ0n) is 19.4. The first kappa shape index (κ1) is 21.7. The van der Waals surface area contributed by atoms with Gasteiger partial charge in [-0.2, -0.15) is 4.98 Å². The third kappa shape index (κ3) is 3.83. The Labute approximate surface area is 191 Å². The van der Waals surface area contributed by atoms with Gasteiger partial charge in [-0.1, -0.05) is 6.92 Å². The van der Waals surface area contributed by atoms with Gasteiger partial charge >= 0.3 is 5.69 Å². The number of rotatable bonds is 5. The Morgan fingerprint density at radius 1 is 1.09 bits per heavy atom. The van der Waals surface area contributed by atoms with E-state index in [2.05, 4.69) is 16.7 Å². The van der Waals surface area contributed by atoms with Crippen molar-refractivity contribution in [3.63, 3.8) is 0 Å². The molecule has 0 saturated carbocycles. The number of fused-ring (bicyclic) bond motifs is 3. The molecule has 1 atom stereocenters. The predicted octanol–water partition coefficient (Wildman–Crippen LogP) is 1.03. The van der Waals surface area contributed by atoms with E-state index in [9.17, 15) is 9.59 Å². The maximum Gasteiger partial charge on any atom is 0.332 e. The van der Waals surface area contributed by atoms with Crippen molar-refractivity contribution in [2.45, 2.75) is 20.0 Å². The van der Waals surface area contributed by atoms with Crippen LogP contribution < -0.4 is 20.9 Å². The average Bonchev–Trinajstić information content (AvgIpc) is 3.22. The number of hydrogen-bond acceptors (Lipinski definition) is 7. The molecule has 0 bridgehead atoms. The number of morpholine rings is 1. The lowest BCUT2D eigenvalue weighted by molar-refractivity contribution is 0.0361. The third-order valence-corrected chi connectivity index (χ3v) is 6.57. The molecule has 0 amide bonds. The minimum Gasteiger partial charge on any atom is -0.497 e. The van der Waals surface area contributed by atoms with Gasteiger partial charge in [0.05, 0.1) is 20.3 Å². The number of aryl methyl sites for hydroxylation is 1. The highest BCUT2D eigenvalue weighted by atomic mass is 16.5. The van der Waals surface area contributed by atoms with Gasteiger partial charge in [0, 0.05) is 52.0 Å². The van der Waals surface area contributed by atoms with E-state index < -0.39 is 0 Å². The first-order valence-corrected chi connectivity index (χ1v) is 11.4. The van der Waals surface area contributed by atoms with Crippen LogP contribution in [0.5, 0.6) is 5.75 Å². The molecule has 1 fully saturated rings. The summed E-state index contributed by atoms with van der Waals surface area (Å²) in [4.78, 5) is 35.7. The average molecular weight is 455 g/mol. The fourth-order valence-electron chi connectivity index (χ4n) is 4.75. The summed E-state index contributed by atoms with van der Waals surface area (Å²) >= 11 is 0. The van der Waals surface area contributed by atoms with Crippen LogP contribution in [-0.2, 0) is 24.9 Å². The molecule has 4 heterocycles. The van der Waals surface area contributed by atoms with Gasteiger partial charge in [0.2, 0.25) is 5.95 Å². The van der Waals surface area contributed by atoms with Gasteiger partial charge in [0.15, 0.2) is 11.2 Å². The molecule has 0 aliphatic carbocycles. The Hall–Kier alpha value is -3.11. The summed E-state index contributed by atoms with van der Waals surface area (Å²) in [5, 5.41) is 0. The molecule has 2 aliphatic rings.